The summed E-state index contributed by atoms with van der Waals surface area (Å²) in [5, 5.41) is 0. The van der Waals surface area contributed by atoms with Gasteiger partial charge in [0.05, 0.1) is 26.4 Å². The summed E-state index contributed by atoms with van der Waals surface area (Å²) < 4.78 is 33.0. The van der Waals surface area contributed by atoms with Crippen molar-refractivity contribution in [2.24, 2.45) is 11.8 Å². The van der Waals surface area contributed by atoms with Crippen molar-refractivity contribution in [1.29, 1.82) is 0 Å². The zero-order valence-corrected chi connectivity index (χ0v) is 17.1. The first-order chi connectivity index (χ1) is 12.9. The molecular weight excluding hydrogens is 356 g/mol. The molecule has 0 aromatic heterocycles. The Morgan fingerprint density at radius 1 is 0.889 bits per heavy atom. The molecule has 0 aliphatic carbocycles. The molecule has 158 valence electrons. The smallest absolute Gasteiger partial charge is 0.303 e. The number of hydrogen-bond acceptors (Lipinski definition) is 8. The van der Waals surface area contributed by atoms with Crippen molar-refractivity contribution in [3.63, 3.8) is 0 Å². The summed E-state index contributed by atoms with van der Waals surface area (Å²) in [6, 6.07) is 0. The molecule has 0 spiro atoms. The molecule has 1 heterocycles. The number of rotatable bonds is 12. The van der Waals surface area contributed by atoms with Gasteiger partial charge in [-0.15, -0.1) is 0 Å². The summed E-state index contributed by atoms with van der Waals surface area (Å²) in [6.07, 6.45) is -0.575. The number of esters is 2. The lowest BCUT2D eigenvalue weighted by molar-refractivity contribution is -0.275. The van der Waals surface area contributed by atoms with E-state index in [0.29, 0.717) is 26.4 Å². The molecular formula is C19H34O8. The predicted molar refractivity (Wildman–Crippen MR) is 97.1 cm³/mol. The van der Waals surface area contributed by atoms with Crippen LogP contribution in [0.1, 0.15) is 41.0 Å². The maximum atomic E-state index is 11.4. The van der Waals surface area contributed by atoms with E-state index in [4.69, 9.17) is 28.4 Å². The Labute approximate surface area is 161 Å². The van der Waals surface area contributed by atoms with Gasteiger partial charge < -0.3 is 28.4 Å². The van der Waals surface area contributed by atoms with Crippen molar-refractivity contribution in [3.05, 3.63) is 0 Å². The van der Waals surface area contributed by atoms with E-state index in [1.54, 1.807) is 0 Å². The SMILES string of the molecule is CCCOCCOCCOC1OC(COC(C)=O)C(OC(C)=O)C(C)C1C. The van der Waals surface area contributed by atoms with Crippen LogP contribution in [0.25, 0.3) is 0 Å². The second kappa shape index (κ2) is 13.0. The van der Waals surface area contributed by atoms with Gasteiger partial charge in [0.1, 0.15) is 18.8 Å². The van der Waals surface area contributed by atoms with E-state index in [2.05, 4.69) is 6.92 Å². The van der Waals surface area contributed by atoms with Crippen LogP contribution in [0.5, 0.6) is 0 Å². The Bertz CT molecular complexity index is 441. The lowest BCUT2D eigenvalue weighted by Crippen LogP contribution is -2.53. The monoisotopic (exact) mass is 390 g/mol. The molecule has 0 amide bonds. The molecule has 0 bridgehead atoms. The topological polar surface area (TPSA) is 89.5 Å². The zero-order valence-electron chi connectivity index (χ0n) is 17.1. The van der Waals surface area contributed by atoms with Crippen molar-refractivity contribution in [1.82, 2.24) is 0 Å². The highest BCUT2D eigenvalue weighted by atomic mass is 16.7. The fourth-order valence-corrected chi connectivity index (χ4v) is 2.85. The van der Waals surface area contributed by atoms with Gasteiger partial charge in [0.15, 0.2) is 6.29 Å². The second-order valence-electron chi connectivity index (χ2n) is 6.73. The Balaban J connectivity index is 2.47. The van der Waals surface area contributed by atoms with Crippen LogP contribution in [-0.4, -0.2) is 70.1 Å². The molecule has 8 heteroatoms. The van der Waals surface area contributed by atoms with Gasteiger partial charge in [-0.3, -0.25) is 9.59 Å². The molecule has 1 aliphatic rings. The van der Waals surface area contributed by atoms with Gasteiger partial charge in [-0.25, -0.2) is 0 Å². The molecule has 5 unspecified atom stereocenters. The quantitative estimate of drug-likeness (QED) is 0.369. The minimum Gasteiger partial charge on any atom is -0.463 e. The van der Waals surface area contributed by atoms with Crippen molar-refractivity contribution in [3.8, 4) is 0 Å². The van der Waals surface area contributed by atoms with Crippen molar-refractivity contribution in [2.45, 2.75) is 59.5 Å². The molecule has 1 rings (SSSR count). The lowest BCUT2D eigenvalue weighted by atomic mass is 9.84. The molecule has 1 aliphatic heterocycles. The average Bonchev–Trinajstić information content (AvgIpc) is 2.61. The van der Waals surface area contributed by atoms with Crippen LogP contribution in [0.2, 0.25) is 0 Å². The minimum absolute atomic E-state index is 0.00387. The maximum Gasteiger partial charge on any atom is 0.303 e. The van der Waals surface area contributed by atoms with Gasteiger partial charge in [0.25, 0.3) is 0 Å². The third-order valence-corrected chi connectivity index (χ3v) is 4.44. The van der Waals surface area contributed by atoms with Gasteiger partial charge in [0, 0.05) is 32.3 Å². The lowest BCUT2D eigenvalue weighted by Gasteiger charge is -2.43. The molecule has 0 aromatic carbocycles. The Hall–Kier alpha value is -1.22. The molecule has 0 radical (unpaired) electrons. The van der Waals surface area contributed by atoms with E-state index in [-0.39, 0.29) is 18.4 Å². The fraction of sp³-hybridized carbons (Fsp3) is 0.895. The van der Waals surface area contributed by atoms with Crippen molar-refractivity contribution in [2.75, 3.05) is 39.6 Å². The van der Waals surface area contributed by atoms with Crippen LogP contribution < -0.4 is 0 Å². The Morgan fingerprint density at radius 3 is 2.11 bits per heavy atom. The molecule has 0 aromatic rings. The summed E-state index contributed by atoms with van der Waals surface area (Å²) in [6.45, 7) is 11.3. The largest absolute Gasteiger partial charge is 0.463 e. The van der Waals surface area contributed by atoms with Gasteiger partial charge in [0.2, 0.25) is 0 Å². The van der Waals surface area contributed by atoms with Gasteiger partial charge in [-0.2, -0.15) is 0 Å². The van der Waals surface area contributed by atoms with Gasteiger partial charge in [-0.1, -0.05) is 20.8 Å². The highest BCUT2D eigenvalue weighted by molar-refractivity contribution is 5.66. The molecule has 8 nitrogen and oxygen atoms in total. The number of ether oxygens (including phenoxy) is 6. The van der Waals surface area contributed by atoms with Crippen LogP contribution in [-0.2, 0) is 38.0 Å². The highest BCUT2D eigenvalue weighted by Gasteiger charge is 2.44. The third kappa shape index (κ3) is 9.01. The van der Waals surface area contributed by atoms with E-state index in [9.17, 15) is 9.59 Å². The van der Waals surface area contributed by atoms with E-state index >= 15 is 0 Å². The van der Waals surface area contributed by atoms with E-state index in [0.717, 1.165) is 13.0 Å². The van der Waals surface area contributed by atoms with Crippen molar-refractivity contribution < 1.29 is 38.0 Å². The third-order valence-electron chi connectivity index (χ3n) is 4.44. The summed E-state index contributed by atoms with van der Waals surface area (Å²) in [7, 11) is 0. The van der Waals surface area contributed by atoms with Gasteiger partial charge >= 0.3 is 11.9 Å². The summed E-state index contributed by atoms with van der Waals surface area (Å²) in [4.78, 5) is 22.6. The normalized spacial score (nSPS) is 28.0. The standard InChI is InChI=1S/C19H34O8/c1-6-7-22-8-9-23-10-11-24-19-14(3)13(2)18(26-16(5)21)17(27-19)12-25-15(4)20/h13-14,17-19H,6-12H2,1-5H3. The van der Waals surface area contributed by atoms with Crippen molar-refractivity contribution >= 4 is 11.9 Å². The molecule has 5 atom stereocenters. The summed E-state index contributed by atoms with van der Waals surface area (Å²) in [5.41, 5.74) is 0. The number of hydrogen-bond donors (Lipinski definition) is 0. The first-order valence-corrected chi connectivity index (χ1v) is 9.59. The average molecular weight is 390 g/mol. The van der Waals surface area contributed by atoms with E-state index in [1.807, 2.05) is 13.8 Å². The van der Waals surface area contributed by atoms with Crippen LogP contribution in [0.15, 0.2) is 0 Å². The van der Waals surface area contributed by atoms with E-state index in [1.165, 1.54) is 13.8 Å². The van der Waals surface area contributed by atoms with Crippen LogP contribution in [0.3, 0.4) is 0 Å². The Kier molecular flexibility index (Phi) is 11.5. The first-order valence-electron chi connectivity index (χ1n) is 9.59. The minimum atomic E-state index is -0.572. The second-order valence-corrected chi connectivity index (χ2v) is 6.73. The van der Waals surface area contributed by atoms with Crippen LogP contribution in [0.4, 0.5) is 0 Å². The number of carbonyl (C=O) groups excluding carboxylic acids is 2. The van der Waals surface area contributed by atoms with Crippen LogP contribution >= 0.6 is 0 Å². The predicted octanol–water partition coefficient (Wildman–Crippen LogP) is 1.94. The Morgan fingerprint density at radius 2 is 1.52 bits per heavy atom. The number of carbonyl (C=O) groups is 2. The van der Waals surface area contributed by atoms with Crippen LogP contribution in [0, 0.1) is 11.8 Å². The summed E-state index contributed by atoms with van der Waals surface area (Å²) in [5.74, 6) is -0.830. The molecule has 1 fully saturated rings. The molecule has 0 saturated carbocycles. The molecule has 0 N–H and O–H groups in total. The van der Waals surface area contributed by atoms with Gasteiger partial charge in [-0.05, 0) is 6.42 Å². The highest BCUT2D eigenvalue weighted by Crippen LogP contribution is 2.33. The summed E-state index contributed by atoms with van der Waals surface area (Å²) >= 11 is 0. The fourth-order valence-electron chi connectivity index (χ4n) is 2.85. The molecule has 1 saturated heterocycles. The first kappa shape index (κ1) is 23.8. The zero-order chi connectivity index (χ0) is 20.2. The van der Waals surface area contributed by atoms with E-state index < -0.39 is 30.4 Å². The maximum absolute atomic E-state index is 11.4. The molecule has 27 heavy (non-hydrogen) atoms.